The second-order valence-corrected chi connectivity index (χ2v) is 5.39. The van der Waals surface area contributed by atoms with Crippen molar-refractivity contribution in [3.8, 4) is 11.3 Å². The highest BCUT2D eigenvalue weighted by molar-refractivity contribution is 5.75. The minimum Gasteiger partial charge on any atom is -0.349 e. The predicted octanol–water partition coefficient (Wildman–Crippen LogP) is -0.829. The first-order valence-corrected chi connectivity index (χ1v) is 7.25. The number of aromatic nitrogens is 2. The van der Waals surface area contributed by atoms with Crippen molar-refractivity contribution >= 4 is 5.91 Å². The first-order valence-electron chi connectivity index (χ1n) is 7.25. The van der Waals surface area contributed by atoms with Crippen LogP contribution in [0.5, 0.6) is 0 Å². The Kier molecular flexibility index (Phi) is 5.43. The van der Waals surface area contributed by atoms with Crippen molar-refractivity contribution in [2.75, 3.05) is 27.2 Å². The molecule has 0 saturated carbocycles. The van der Waals surface area contributed by atoms with Gasteiger partial charge in [-0.25, -0.2) is 4.68 Å². The average molecular weight is 301 g/mol. The zero-order valence-corrected chi connectivity index (χ0v) is 12.9. The van der Waals surface area contributed by atoms with E-state index in [1.165, 1.54) is 15.6 Å². The van der Waals surface area contributed by atoms with E-state index in [9.17, 15) is 9.59 Å². The van der Waals surface area contributed by atoms with Gasteiger partial charge in [-0.3, -0.25) is 9.59 Å². The van der Waals surface area contributed by atoms with E-state index in [0.29, 0.717) is 12.2 Å². The summed E-state index contributed by atoms with van der Waals surface area (Å²) in [6, 6.07) is 12.7. The molecule has 1 heterocycles. The summed E-state index contributed by atoms with van der Waals surface area (Å²) in [5, 5.41) is 7.05. The third-order valence-electron chi connectivity index (χ3n) is 3.18. The maximum atomic E-state index is 11.9. The van der Waals surface area contributed by atoms with Crippen molar-refractivity contribution in [1.29, 1.82) is 0 Å². The number of rotatable bonds is 6. The Bertz CT molecular complexity index is 680. The summed E-state index contributed by atoms with van der Waals surface area (Å²) < 4.78 is 1.19. The molecule has 2 N–H and O–H groups in total. The van der Waals surface area contributed by atoms with Crippen LogP contribution in [0.15, 0.2) is 47.3 Å². The molecule has 1 amide bonds. The molecule has 1 aromatic carbocycles. The maximum absolute atomic E-state index is 11.9. The highest BCUT2D eigenvalue weighted by atomic mass is 16.2. The molecule has 0 bridgehead atoms. The zero-order chi connectivity index (χ0) is 15.9. The molecule has 1 aromatic heterocycles. The van der Waals surface area contributed by atoms with Crippen LogP contribution in [0.4, 0.5) is 0 Å². The molecule has 2 aromatic rings. The van der Waals surface area contributed by atoms with Gasteiger partial charge in [0, 0.05) is 11.6 Å². The first-order chi connectivity index (χ1) is 10.6. The van der Waals surface area contributed by atoms with Crippen LogP contribution in [-0.2, 0) is 11.3 Å². The van der Waals surface area contributed by atoms with Gasteiger partial charge in [0.15, 0.2) is 0 Å². The largest absolute Gasteiger partial charge is 0.349 e. The Morgan fingerprint density at radius 3 is 2.59 bits per heavy atom. The Balaban J connectivity index is 2.08. The van der Waals surface area contributed by atoms with Gasteiger partial charge in [-0.05, 0) is 6.07 Å². The third-order valence-corrected chi connectivity index (χ3v) is 3.18. The van der Waals surface area contributed by atoms with E-state index < -0.39 is 0 Å². The van der Waals surface area contributed by atoms with E-state index in [1.54, 1.807) is 6.07 Å². The summed E-state index contributed by atoms with van der Waals surface area (Å²) in [7, 11) is 4.03. The number of amides is 1. The van der Waals surface area contributed by atoms with Crippen LogP contribution in [0, 0.1) is 0 Å². The number of nitrogens with zero attached hydrogens (tertiary/aromatic N) is 2. The summed E-state index contributed by atoms with van der Waals surface area (Å²) in [6.07, 6.45) is 0. The highest BCUT2D eigenvalue weighted by Crippen LogP contribution is 2.13. The fourth-order valence-electron chi connectivity index (χ4n) is 1.97. The molecule has 22 heavy (non-hydrogen) atoms. The SMILES string of the molecule is C[NH+](C)CCNC(=O)Cn1nc(-c2ccccc2)ccc1=O. The van der Waals surface area contributed by atoms with Crippen molar-refractivity contribution in [3.63, 3.8) is 0 Å². The van der Waals surface area contributed by atoms with Crippen molar-refractivity contribution < 1.29 is 9.69 Å². The fraction of sp³-hybridized carbons (Fsp3) is 0.312. The van der Waals surface area contributed by atoms with Gasteiger partial charge in [-0.15, -0.1) is 0 Å². The third kappa shape index (κ3) is 4.53. The van der Waals surface area contributed by atoms with Gasteiger partial charge in [-0.1, -0.05) is 30.3 Å². The number of nitrogens with one attached hydrogen (secondary N) is 2. The molecule has 0 radical (unpaired) electrons. The van der Waals surface area contributed by atoms with Gasteiger partial charge in [0.05, 0.1) is 32.9 Å². The van der Waals surface area contributed by atoms with Crippen molar-refractivity contribution in [2.45, 2.75) is 6.54 Å². The second kappa shape index (κ2) is 7.51. The summed E-state index contributed by atoms with van der Waals surface area (Å²) >= 11 is 0. The molecule has 0 aliphatic heterocycles. The van der Waals surface area contributed by atoms with Crippen LogP contribution in [0.3, 0.4) is 0 Å². The smallest absolute Gasteiger partial charge is 0.267 e. The van der Waals surface area contributed by atoms with Crippen LogP contribution >= 0.6 is 0 Å². The normalized spacial score (nSPS) is 10.7. The van der Waals surface area contributed by atoms with Crippen LogP contribution in [0.2, 0.25) is 0 Å². The summed E-state index contributed by atoms with van der Waals surface area (Å²) in [4.78, 5) is 25.0. The van der Waals surface area contributed by atoms with E-state index in [4.69, 9.17) is 0 Å². The Hall–Kier alpha value is -2.47. The van der Waals surface area contributed by atoms with Crippen molar-refractivity contribution in [3.05, 3.63) is 52.8 Å². The molecule has 116 valence electrons. The van der Waals surface area contributed by atoms with E-state index in [1.807, 2.05) is 44.4 Å². The zero-order valence-electron chi connectivity index (χ0n) is 12.9. The Morgan fingerprint density at radius 1 is 1.18 bits per heavy atom. The van der Waals surface area contributed by atoms with Crippen molar-refractivity contribution in [2.24, 2.45) is 0 Å². The Morgan fingerprint density at radius 2 is 1.91 bits per heavy atom. The summed E-state index contributed by atoms with van der Waals surface area (Å²) in [5.74, 6) is -0.207. The standard InChI is InChI=1S/C16H20N4O2/c1-19(2)11-10-17-15(21)12-20-16(22)9-8-14(18-20)13-6-4-3-5-7-13/h3-9H,10-12H2,1-2H3,(H,17,21)/p+1. The molecule has 2 rings (SSSR count). The molecular weight excluding hydrogens is 280 g/mol. The summed E-state index contributed by atoms with van der Waals surface area (Å²) in [5.41, 5.74) is 1.30. The van der Waals surface area contributed by atoms with Gasteiger partial charge in [0.2, 0.25) is 5.91 Å². The fourth-order valence-corrected chi connectivity index (χ4v) is 1.97. The van der Waals surface area contributed by atoms with E-state index in [-0.39, 0.29) is 18.0 Å². The average Bonchev–Trinajstić information content (AvgIpc) is 2.50. The molecule has 0 saturated heterocycles. The lowest BCUT2D eigenvalue weighted by atomic mass is 10.1. The van der Waals surface area contributed by atoms with E-state index >= 15 is 0 Å². The molecule has 0 spiro atoms. The van der Waals surface area contributed by atoms with Crippen LogP contribution < -0.4 is 15.8 Å². The number of carbonyl (C=O) groups is 1. The highest BCUT2D eigenvalue weighted by Gasteiger charge is 2.08. The second-order valence-electron chi connectivity index (χ2n) is 5.39. The van der Waals surface area contributed by atoms with Crippen LogP contribution in [0.25, 0.3) is 11.3 Å². The lowest BCUT2D eigenvalue weighted by Gasteiger charge is -2.10. The van der Waals surface area contributed by atoms with Gasteiger partial charge in [0.25, 0.3) is 5.56 Å². The van der Waals surface area contributed by atoms with Crippen LogP contribution in [0.1, 0.15) is 0 Å². The minimum absolute atomic E-state index is 0.0672. The number of hydrogen-bond donors (Lipinski definition) is 2. The number of benzene rings is 1. The Labute approximate surface area is 129 Å². The molecule has 0 unspecified atom stereocenters. The van der Waals surface area contributed by atoms with Crippen LogP contribution in [-0.4, -0.2) is 42.9 Å². The van der Waals surface area contributed by atoms with Gasteiger partial charge >= 0.3 is 0 Å². The topological polar surface area (TPSA) is 68.4 Å². The minimum atomic E-state index is -0.284. The number of carbonyl (C=O) groups excluding carboxylic acids is 1. The molecule has 6 heteroatoms. The van der Waals surface area contributed by atoms with Gasteiger partial charge in [0.1, 0.15) is 6.54 Å². The quantitative estimate of drug-likeness (QED) is 0.732. The lowest BCUT2D eigenvalue weighted by Crippen LogP contribution is -3.06. The van der Waals surface area contributed by atoms with Crippen molar-refractivity contribution in [1.82, 2.24) is 15.1 Å². The summed E-state index contributed by atoms with van der Waals surface area (Å²) in [6.45, 7) is 1.34. The first kappa shape index (κ1) is 15.9. The predicted molar refractivity (Wildman–Crippen MR) is 84.6 cm³/mol. The molecule has 0 aliphatic carbocycles. The molecule has 6 nitrogen and oxygen atoms in total. The molecule has 0 aliphatic rings. The molecule has 0 atom stereocenters. The molecular formula is C16H21N4O2+. The lowest BCUT2D eigenvalue weighted by molar-refractivity contribution is -0.856. The number of hydrogen-bond acceptors (Lipinski definition) is 3. The maximum Gasteiger partial charge on any atom is 0.267 e. The monoisotopic (exact) mass is 301 g/mol. The van der Waals surface area contributed by atoms with Gasteiger partial charge in [-0.2, -0.15) is 5.10 Å². The van der Waals surface area contributed by atoms with E-state index in [2.05, 4.69) is 10.4 Å². The number of likely N-dealkylation sites (N-methyl/N-ethyl adjacent to an activating group) is 1. The molecule has 0 fully saturated rings. The van der Waals surface area contributed by atoms with Gasteiger partial charge < -0.3 is 10.2 Å². The number of quaternary nitrogens is 1. The van der Waals surface area contributed by atoms with E-state index in [0.717, 1.165) is 12.1 Å².